The third-order valence-corrected chi connectivity index (χ3v) is 4.78. The van der Waals surface area contributed by atoms with Crippen LogP contribution in [0.5, 0.6) is 0 Å². The molecule has 6 N–H and O–H groups in total. The van der Waals surface area contributed by atoms with Gasteiger partial charge in [-0.1, -0.05) is 32.5 Å². The van der Waals surface area contributed by atoms with E-state index in [-0.39, 0.29) is 5.75 Å². The molecule has 0 aliphatic rings. The molecule has 0 unspecified atom stereocenters. The molecule has 0 spiro atoms. The maximum atomic E-state index is 12.5. The lowest BCUT2D eigenvalue weighted by atomic mass is 9.84. The Kier molecular flexibility index (Phi) is 9.68. The van der Waals surface area contributed by atoms with Crippen molar-refractivity contribution in [3.63, 3.8) is 0 Å². The number of hydrogen-bond donors (Lipinski definition) is 5. The average Bonchev–Trinajstić information content (AvgIpc) is 2.49. The van der Waals surface area contributed by atoms with Gasteiger partial charge in [-0.05, 0) is 5.92 Å². The fraction of sp³-hybridized carbons (Fsp3) is 0.733. The molecular weight excluding hydrogens is 352 g/mol. The van der Waals surface area contributed by atoms with Crippen LogP contribution in [0, 0.1) is 17.8 Å². The van der Waals surface area contributed by atoms with Gasteiger partial charge in [0.1, 0.15) is 6.04 Å². The highest BCUT2D eigenvalue weighted by Gasteiger charge is 2.40. The van der Waals surface area contributed by atoms with Crippen molar-refractivity contribution in [2.75, 3.05) is 5.75 Å². The molecule has 0 aromatic rings. The third kappa shape index (κ3) is 7.41. The van der Waals surface area contributed by atoms with Crippen LogP contribution in [0.2, 0.25) is 0 Å². The van der Waals surface area contributed by atoms with Crippen LogP contribution in [0.15, 0.2) is 0 Å². The van der Waals surface area contributed by atoms with Crippen molar-refractivity contribution in [2.45, 2.75) is 45.9 Å². The molecule has 0 aromatic heterocycles. The Morgan fingerprint density at radius 3 is 1.96 bits per heavy atom. The van der Waals surface area contributed by atoms with Gasteiger partial charge in [-0.15, -0.1) is 0 Å². The van der Waals surface area contributed by atoms with Crippen molar-refractivity contribution in [3.05, 3.63) is 0 Å². The average molecular weight is 378 g/mol. The number of primary amides is 1. The van der Waals surface area contributed by atoms with Crippen LogP contribution in [0.3, 0.4) is 0 Å². The Balaban J connectivity index is 5.25. The summed E-state index contributed by atoms with van der Waals surface area (Å²) in [6.45, 7) is 5.75. The van der Waals surface area contributed by atoms with Gasteiger partial charge < -0.3 is 26.4 Å². The standard InChI is InChI=1S/C15H26N2O7S/c1-6(2)11(19)10(12(20)7(3)13(16)21)15(24)25-5-9(14(22)23)17-8(4)18/h6-7,9-12,19-20H,5H2,1-4H3,(H2,16,21)(H,17,18)(H,22,23)/t7-,9+,10+,11+,12+/m1/s1. The molecule has 10 heteroatoms. The van der Waals surface area contributed by atoms with Crippen molar-refractivity contribution < 1.29 is 34.5 Å². The van der Waals surface area contributed by atoms with E-state index in [1.54, 1.807) is 13.8 Å². The minimum absolute atomic E-state index is 0.285. The predicted octanol–water partition coefficient (Wildman–Crippen LogP) is -1.05. The van der Waals surface area contributed by atoms with Crippen molar-refractivity contribution in [1.82, 2.24) is 5.32 Å². The number of carboxylic acids is 1. The number of aliphatic hydroxyl groups excluding tert-OH is 2. The van der Waals surface area contributed by atoms with E-state index >= 15 is 0 Å². The Hall–Kier alpha value is -1.65. The molecule has 9 nitrogen and oxygen atoms in total. The molecular formula is C15H26N2O7S. The minimum atomic E-state index is -1.51. The maximum absolute atomic E-state index is 12.5. The zero-order valence-corrected chi connectivity index (χ0v) is 15.4. The van der Waals surface area contributed by atoms with Gasteiger partial charge in [0.05, 0.1) is 24.0 Å². The zero-order valence-electron chi connectivity index (χ0n) is 14.6. The molecule has 0 saturated heterocycles. The number of amides is 2. The van der Waals surface area contributed by atoms with E-state index in [1.807, 2.05) is 0 Å². The van der Waals surface area contributed by atoms with Gasteiger partial charge in [0.2, 0.25) is 11.8 Å². The molecule has 0 fully saturated rings. The first-order valence-corrected chi connectivity index (χ1v) is 8.70. The fourth-order valence-corrected chi connectivity index (χ4v) is 3.08. The number of nitrogens with one attached hydrogen (secondary N) is 1. The van der Waals surface area contributed by atoms with E-state index in [4.69, 9.17) is 10.8 Å². The number of carbonyl (C=O) groups is 4. The van der Waals surface area contributed by atoms with E-state index in [1.165, 1.54) is 6.92 Å². The Morgan fingerprint density at radius 2 is 1.60 bits per heavy atom. The first kappa shape index (κ1) is 23.4. The minimum Gasteiger partial charge on any atom is -0.480 e. The number of nitrogens with two attached hydrogens (primary N) is 1. The number of aliphatic hydroxyl groups is 2. The van der Waals surface area contributed by atoms with Crippen molar-refractivity contribution in [3.8, 4) is 0 Å². The van der Waals surface area contributed by atoms with Crippen LogP contribution >= 0.6 is 11.8 Å². The van der Waals surface area contributed by atoms with Gasteiger partial charge in [0, 0.05) is 12.7 Å². The summed E-state index contributed by atoms with van der Waals surface area (Å²) in [5.41, 5.74) is 5.14. The van der Waals surface area contributed by atoms with Crippen LogP contribution in [0.4, 0.5) is 0 Å². The lowest BCUT2D eigenvalue weighted by Gasteiger charge is -2.30. The van der Waals surface area contributed by atoms with E-state index < -0.39 is 58.9 Å². The molecule has 0 aliphatic carbocycles. The molecule has 0 aromatic carbocycles. The molecule has 0 rings (SSSR count). The summed E-state index contributed by atoms with van der Waals surface area (Å²) in [6.07, 6.45) is -2.76. The molecule has 0 radical (unpaired) electrons. The number of carbonyl (C=O) groups excluding carboxylic acids is 3. The number of rotatable bonds is 10. The Labute approximate surface area is 150 Å². The van der Waals surface area contributed by atoms with E-state index in [0.29, 0.717) is 11.8 Å². The van der Waals surface area contributed by atoms with Gasteiger partial charge in [0.25, 0.3) is 0 Å². The van der Waals surface area contributed by atoms with E-state index in [2.05, 4.69) is 5.32 Å². The SMILES string of the molecule is CC(=O)N[C@@H](CSC(=O)[C@H]([C@@H](O)[C@@H](C)C(N)=O)[C@@H](O)C(C)C)C(=O)O. The molecule has 0 bridgehead atoms. The monoisotopic (exact) mass is 378 g/mol. The molecule has 0 saturated carbocycles. The van der Waals surface area contributed by atoms with Crippen LogP contribution in [0.1, 0.15) is 27.7 Å². The summed E-state index contributed by atoms with van der Waals surface area (Å²) in [4.78, 5) is 45.8. The number of hydrogen-bond acceptors (Lipinski definition) is 7. The van der Waals surface area contributed by atoms with Crippen LogP contribution in [-0.4, -0.2) is 62.2 Å². The normalized spacial score (nSPS) is 17.2. The molecule has 0 aliphatic heterocycles. The van der Waals surface area contributed by atoms with Crippen molar-refractivity contribution >= 4 is 34.7 Å². The van der Waals surface area contributed by atoms with Crippen LogP contribution in [0.25, 0.3) is 0 Å². The molecule has 2 amide bonds. The molecule has 25 heavy (non-hydrogen) atoms. The highest BCUT2D eigenvalue weighted by Crippen LogP contribution is 2.27. The first-order valence-electron chi connectivity index (χ1n) is 7.72. The zero-order chi connectivity index (χ0) is 19.9. The fourth-order valence-electron chi connectivity index (χ4n) is 2.06. The Bertz CT molecular complexity index is 512. The summed E-state index contributed by atoms with van der Waals surface area (Å²) >= 11 is 0.560. The van der Waals surface area contributed by atoms with Gasteiger partial charge in [-0.2, -0.15) is 0 Å². The van der Waals surface area contributed by atoms with E-state index in [0.717, 1.165) is 6.92 Å². The number of thioether (sulfide) groups is 1. The largest absolute Gasteiger partial charge is 0.480 e. The summed E-state index contributed by atoms with van der Waals surface area (Å²) in [7, 11) is 0. The lowest BCUT2D eigenvalue weighted by Crippen LogP contribution is -2.47. The summed E-state index contributed by atoms with van der Waals surface area (Å²) in [5.74, 6) is -5.79. The molecule has 144 valence electrons. The second-order valence-corrected chi connectivity index (χ2v) is 7.19. The van der Waals surface area contributed by atoms with Gasteiger partial charge >= 0.3 is 5.97 Å². The van der Waals surface area contributed by atoms with Gasteiger partial charge in [-0.25, -0.2) is 4.79 Å². The van der Waals surface area contributed by atoms with Gasteiger partial charge in [-0.3, -0.25) is 14.4 Å². The molecule has 5 atom stereocenters. The topological polar surface area (TPSA) is 167 Å². The Morgan fingerprint density at radius 1 is 1.08 bits per heavy atom. The lowest BCUT2D eigenvalue weighted by molar-refractivity contribution is -0.140. The van der Waals surface area contributed by atoms with Crippen molar-refractivity contribution in [1.29, 1.82) is 0 Å². The van der Waals surface area contributed by atoms with Crippen LogP contribution < -0.4 is 11.1 Å². The number of aliphatic carboxylic acids is 1. The quantitative estimate of drug-likeness (QED) is 0.321. The van der Waals surface area contributed by atoms with E-state index in [9.17, 15) is 29.4 Å². The first-order chi connectivity index (χ1) is 11.4. The highest BCUT2D eigenvalue weighted by molar-refractivity contribution is 8.13. The second kappa shape index (κ2) is 10.4. The molecule has 0 heterocycles. The van der Waals surface area contributed by atoms with Crippen molar-refractivity contribution in [2.24, 2.45) is 23.5 Å². The summed E-state index contributed by atoms with van der Waals surface area (Å²) in [5, 5.41) is 31.1. The third-order valence-electron chi connectivity index (χ3n) is 3.72. The maximum Gasteiger partial charge on any atom is 0.327 e. The smallest absolute Gasteiger partial charge is 0.327 e. The highest BCUT2D eigenvalue weighted by atomic mass is 32.2. The summed E-state index contributed by atoms with van der Waals surface area (Å²) in [6, 6.07) is -1.30. The predicted molar refractivity (Wildman–Crippen MR) is 91.4 cm³/mol. The number of carboxylic acid groups (broad SMARTS) is 1. The van der Waals surface area contributed by atoms with Crippen LogP contribution in [-0.2, 0) is 19.2 Å². The van der Waals surface area contributed by atoms with Gasteiger partial charge in [0.15, 0.2) is 5.12 Å². The second-order valence-electron chi connectivity index (χ2n) is 6.16. The summed E-state index contributed by atoms with van der Waals surface area (Å²) < 4.78 is 0.